The van der Waals surface area contributed by atoms with E-state index in [9.17, 15) is 4.79 Å². The summed E-state index contributed by atoms with van der Waals surface area (Å²) in [7, 11) is 2.96. The molecule has 2 aromatic rings. The highest BCUT2D eigenvalue weighted by Gasteiger charge is 2.18. The molecule has 0 bridgehead atoms. The summed E-state index contributed by atoms with van der Waals surface area (Å²) in [6.45, 7) is 1.91. The summed E-state index contributed by atoms with van der Waals surface area (Å²) in [6.07, 6.45) is -0.0979. The number of nitrogen functional groups attached to an aromatic ring is 1. The molecule has 0 fully saturated rings. The van der Waals surface area contributed by atoms with E-state index >= 15 is 0 Å². The minimum Gasteiger partial charge on any atom is -0.465 e. The molecule has 0 aromatic carbocycles. The number of hydrogen-bond donors (Lipinski definition) is 1. The normalized spacial score (nSPS) is 12.6. The van der Waals surface area contributed by atoms with Crippen molar-refractivity contribution in [2.75, 3.05) is 20.0 Å². The first-order valence-electron chi connectivity index (χ1n) is 5.38. The van der Waals surface area contributed by atoms with Crippen molar-refractivity contribution in [1.29, 1.82) is 0 Å². The van der Waals surface area contributed by atoms with Crippen molar-refractivity contribution in [3.05, 3.63) is 22.7 Å². The van der Waals surface area contributed by atoms with Gasteiger partial charge in [0, 0.05) is 12.5 Å². The highest BCUT2D eigenvalue weighted by molar-refractivity contribution is 7.21. The second-order valence-electron chi connectivity index (χ2n) is 3.80. The van der Waals surface area contributed by atoms with E-state index < -0.39 is 5.97 Å². The molecule has 0 aliphatic carbocycles. The lowest BCUT2D eigenvalue weighted by atomic mass is 10.2. The first kappa shape index (κ1) is 12.8. The van der Waals surface area contributed by atoms with Crippen molar-refractivity contribution in [2.24, 2.45) is 0 Å². The number of ether oxygens (including phenoxy) is 2. The molecule has 1 unspecified atom stereocenters. The molecule has 1 atom stereocenters. The Hall–Kier alpha value is -1.66. The number of nitrogens with zero attached hydrogens (tertiary/aromatic N) is 1. The van der Waals surface area contributed by atoms with Gasteiger partial charge in [-0.15, -0.1) is 11.3 Å². The van der Waals surface area contributed by atoms with Gasteiger partial charge in [0.2, 0.25) is 0 Å². The lowest BCUT2D eigenvalue weighted by molar-refractivity contribution is 0.0607. The van der Waals surface area contributed by atoms with Gasteiger partial charge in [0.25, 0.3) is 0 Å². The molecule has 0 saturated carbocycles. The van der Waals surface area contributed by atoms with Gasteiger partial charge in [-0.25, -0.2) is 9.78 Å². The van der Waals surface area contributed by atoms with Crippen molar-refractivity contribution in [3.63, 3.8) is 0 Å². The van der Waals surface area contributed by atoms with E-state index in [1.165, 1.54) is 18.4 Å². The van der Waals surface area contributed by atoms with E-state index in [1.54, 1.807) is 7.11 Å². The van der Waals surface area contributed by atoms with Crippen LogP contribution in [0.5, 0.6) is 0 Å². The maximum atomic E-state index is 11.5. The van der Waals surface area contributed by atoms with Gasteiger partial charge >= 0.3 is 5.97 Å². The summed E-state index contributed by atoms with van der Waals surface area (Å²) < 4.78 is 9.89. The first-order valence-corrected chi connectivity index (χ1v) is 6.20. The molecule has 2 heterocycles. The summed E-state index contributed by atoms with van der Waals surface area (Å²) in [5.74, 6) is -0.433. The predicted octanol–water partition coefficient (Wildman–Crippen LogP) is 2.37. The molecule has 0 amide bonds. The number of hydrogen-bond acceptors (Lipinski definition) is 6. The zero-order valence-corrected chi connectivity index (χ0v) is 11.2. The largest absolute Gasteiger partial charge is 0.465 e. The van der Waals surface area contributed by atoms with Gasteiger partial charge in [0.15, 0.2) is 0 Å². The Labute approximate surface area is 109 Å². The molecule has 0 aliphatic heterocycles. The Balaban J connectivity index is 2.55. The number of thiophene rings is 1. The smallest absolute Gasteiger partial charge is 0.350 e. The zero-order chi connectivity index (χ0) is 13.3. The van der Waals surface area contributed by atoms with Gasteiger partial charge < -0.3 is 15.2 Å². The number of pyridine rings is 1. The number of fused-ring (bicyclic) bond motifs is 1. The predicted molar refractivity (Wildman–Crippen MR) is 70.8 cm³/mol. The van der Waals surface area contributed by atoms with Crippen LogP contribution in [0.1, 0.15) is 28.4 Å². The summed E-state index contributed by atoms with van der Waals surface area (Å²) in [6, 6.07) is 3.70. The van der Waals surface area contributed by atoms with Crippen LogP contribution in [-0.2, 0) is 9.47 Å². The van der Waals surface area contributed by atoms with Gasteiger partial charge in [-0.1, -0.05) is 0 Å². The minimum atomic E-state index is -0.433. The van der Waals surface area contributed by atoms with Crippen LogP contribution in [0.25, 0.3) is 10.2 Å². The van der Waals surface area contributed by atoms with Crippen LogP contribution in [-0.4, -0.2) is 25.2 Å². The molecule has 0 radical (unpaired) electrons. The second-order valence-corrected chi connectivity index (χ2v) is 4.80. The van der Waals surface area contributed by atoms with Crippen molar-refractivity contribution < 1.29 is 14.3 Å². The van der Waals surface area contributed by atoms with E-state index in [0.717, 1.165) is 11.1 Å². The molecule has 2 aromatic heterocycles. The number of esters is 1. The minimum absolute atomic E-state index is 0.0979. The number of carbonyl (C=O) groups is 1. The third kappa shape index (κ3) is 2.04. The van der Waals surface area contributed by atoms with E-state index in [4.69, 9.17) is 10.5 Å². The highest BCUT2D eigenvalue weighted by Crippen LogP contribution is 2.33. The molecule has 6 heteroatoms. The fraction of sp³-hybridized carbons (Fsp3) is 0.333. The van der Waals surface area contributed by atoms with E-state index in [-0.39, 0.29) is 6.10 Å². The van der Waals surface area contributed by atoms with Crippen molar-refractivity contribution >= 4 is 33.2 Å². The van der Waals surface area contributed by atoms with Gasteiger partial charge in [-0.05, 0) is 19.1 Å². The summed E-state index contributed by atoms with van der Waals surface area (Å²) in [4.78, 5) is 17.1. The lowest BCUT2D eigenvalue weighted by Gasteiger charge is -2.07. The van der Waals surface area contributed by atoms with Crippen LogP contribution < -0.4 is 5.73 Å². The molecule has 96 valence electrons. The Morgan fingerprint density at radius 3 is 2.78 bits per heavy atom. The average molecular weight is 266 g/mol. The number of carbonyl (C=O) groups excluding carboxylic acids is 1. The Bertz CT molecular complexity index is 594. The maximum absolute atomic E-state index is 11.5. The molecule has 2 rings (SSSR count). The number of aromatic nitrogens is 1. The molecule has 0 aliphatic rings. The van der Waals surface area contributed by atoms with Crippen LogP contribution in [0, 0.1) is 0 Å². The summed E-state index contributed by atoms with van der Waals surface area (Å²) in [5, 5.41) is 0.771. The summed E-state index contributed by atoms with van der Waals surface area (Å²) in [5.41, 5.74) is 7.14. The Morgan fingerprint density at radius 1 is 1.44 bits per heavy atom. The number of anilines is 1. The zero-order valence-electron chi connectivity index (χ0n) is 10.4. The molecule has 5 nitrogen and oxygen atoms in total. The van der Waals surface area contributed by atoms with Crippen LogP contribution in [0.15, 0.2) is 12.1 Å². The molecule has 0 spiro atoms. The third-order valence-corrected chi connectivity index (χ3v) is 3.85. The SMILES string of the molecule is COC(=O)c1sc2nc(C(C)OC)ccc2c1N. The van der Waals surface area contributed by atoms with Crippen molar-refractivity contribution in [2.45, 2.75) is 13.0 Å². The topological polar surface area (TPSA) is 74.4 Å². The average Bonchev–Trinajstić information content (AvgIpc) is 2.73. The van der Waals surface area contributed by atoms with Crippen LogP contribution >= 0.6 is 11.3 Å². The molecule has 0 saturated heterocycles. The van der Waals surface area contributed by atoms with E-state index in [1.807, 2.05) is 19.1 Å². The van der Waals surface area contributed by atoms with E-state index in [0.29, 0.717) is 15.4 Å². The summed E-state index contributed by atoms with van der Waals surface area (Å²) >= 11 is 1.23. The van der Waals surface area contributed by atoms with Gasteiger partial charge in [-0.3, -0.25) is 0 Å². The molecular weight excluding hydrogens is 252 g/mol. The monoisotopic (exact) mass is 266 g/mol. The first-order chi connectivity index (χ1) is 8.58. The quantitative estimate of drug-likeness (QED) is 0.863. The van der Waals surface area contributed by atoms with Crippen LogP contribution in [0.4, 0.5) is 5.69 Å². The Kier molecular flexibility index (Phi) is 3.49. The van der Waals surface area contributed by atoms with Crippen LogP contribution in [0.2, 0.25) is 0 Å². The van der Waals surface area contributed by atoms with Gasteiger partial charge in [0.05, 0.1) is 24.6 Å². The van der Waals surface area contributed by atoms with Gasteiger partial charge in [0.1, 0.15) is 9.71 Å². The lowest BCUT2D eigenvalue weighted by Crippen LogP contribution is -2.01. The third-order valence-electron chi connectivity index (χ3n) is 2.76. The maximum Gasteiger partial charge on any atom is 0.350 e. The second kappa shape index (κ2) is 4.91. The number of rotatable bonds is 3. The number of nitrogens with two attached hydrogens (primary N) is 1. The fourth-order valence-corrected chi connectivity index (χ4v) is 2.62. The molecule has 2 N–H and O–H groups in total. The van der Waals surface area contributed by atoms with Crippen molar-refractivity contribution in [1.82, 2.24) is 4.98 Å². The highest BCUT2D eigenvalue weighted by atomic mass is 32.1. The van der Waals surface area contributed by atoms with Gasteiger partial charge in [-0.2, -0.15) is 0 Å². The number of methoxy groups -OCH3 is 2. The van der Waals surface area contributed by atoms with Crippen molar-refractivity contribution in [3.8, 4) is 0 Å². The van der Waals surface area contributed by atoms with E-state index in [2.05, 4.69) is 9.72 Å². The standard InChI is InChI=1S/C12H14N2O3S/c1-6(16-2)8-5-4-7-9(13)10(12(15)17-3)18-11(7)14-8/h4-6H,13H2,1-3H3. The molecule has 18 heavy (non-hydrogen) atoms. The fourth-order valence-electron chi connectivity index (χ4n) is 1.60. The van der Waals surface area contributed by atoms with Crippen LogP contribution in [0.3, 0.4) is 0 Å². The molecular formula is C12H14N2O3S. The Morgan fingerprint density at radius 2 is 2.17 bits per heavy atom.